The highest BCUT2D eigenvalue weighted by atomic mass is 35.5. The van der Waals surface area contributed by atoms with Gasteiger partial charge in [0.05, 0.1) is 16.8 Å². The van der Waals surface area contributed by atoms with Crippen LogP contribution in [0.25, 0.3) is 11.4 Å². The fourth-order valence-corrected chi connectivity index (χ4v) is 4.19. The fraction of sp³-hybridized carbons (Fsp3) is 0.100. The molecule has 4 rings (SSSR count). The van der Waals surface area contributed by atoms with Crippen LogP contribution < -0.4 is 0 Å². The minimum atomic E-state index is -0.447. The van der Waals surface area contributed by atoms with Gasteiger partial charge in [0.15, 0.2) is 6.61 Å². The summed E-state index contributed by atoms with van der Waals surface area (Å²) < 4.78 is 10.6. The Morgan fingerprint density at radius 3 is 2.79 bits per heavy atom. The van der Waals surface area contributed by atoms with Gasteiger partial charge in [0.2, 0.25) is 5.82 Å². The molecule has 0 aliphatic heterocycles. The molecule has 29 heavy (non-hydrogen) atoms. The molecule has 6 nitrogen and oxygen atoms in total. The van der Waals surface area contributed by atoms with E-state index in [0.29, 0.717) is 22.2 Å². The summed E-state index contributed by atoms with van der Waals surface area (Å²) in [6.45, 7) is -0.107. The summed E-state index contributed by atoms with van der Waals surface area (Å²) in [5, 5.41) is 6.52. The monoisotopic (exact) mass is 443 g/mol. The number of carbonyl (C=O) groups is 1. The highest BCUT2D eigenvalue weighted by Gasteiger charge is 2.16. The van der Waals surface area contributed by atoms with Crippen molar-refractivity contribution in [3.05, 3.63) is 81.6 Å². The molecule has 0 bridgehead atoms. The molecule has 0 amide bonds. The Hall–Kier alpha value is -2.68. The summed E-state index contributed by atoms with van der Waals surface area (Å²) in [5.41, 5.74) is 4.02. The molecule has 2 heterocycles. The molecular formula is C20H14ClN3O3S2. The molecule has 4 aromatic rings. The Kier molecular flexibility index (Phi) is 6.24. The first-order chi connectivity index (χ1) is 14.2. The number of thiazole rings is 1. The van der Waals surface area contributed by atoms with E-state index in [9.17, 15) is 4.79 Å². The summed E-state index contributed by atoms with van der Waals surface area (Å²) in [6, 6.07) is 14.4. The average molecular weight is 444 g/mol. The summed E-state index contributed by atoms with van der Waals surface area (Å²) in [5.74, 6) is 0.863. The molecule has 0 radical (unpaired) electrons. The molecule has 0 spiro atoms. The van der Waals surface area contributed by atoms with Crippen LogP contribution in [0.3, 0.4) is 0 Å². The van der Waals surface area contributed by atoms with Crippen LogP contribution in [-0.2, 0) is 17.1 Å². The highest BCUT2D eigenvalue weighted by Crippen LogP contribution is 2.27. The van der Waals surface area contributed by atoms with Crippen LogP contribution in [0.2, 0.25) is 5.02 Å². The van der Waals surface area contributed by atoms with E-state index in [1.807, 2.05) is 17.5 Å². The summed E-state index contributed by atoms with van der Waals surface area (Å²) in [6.07, 6.45) is 0. The Morgan fingerprint density at radius 2 is 2.00 bits per heavy atom. The third-order valence-corrected chi connectivity index (χ3v) is 5.86. The standard InChI is InChI=1S/C20H14ClN3O3S2/c21-14-7-5-13(6-8-14)19-23-18(27-24-19)9-26-20(25)16-3-1-2-4-17(16)29-11-15-10-28-12-22-15/h1-8,10,12H,9,11H2. The van der Waals surface area contributed by atoms with Crippen molar-refractivity contribution in [1.82, 2.24) is 15.1 Å². The predicted octanol–water partition coefficient (Wildman–Crippen LogP) is 5.50. The summed E-state index contributed by atoms with van der Waals surface area (Å²) in [4.78, 5) is 21.9. The third kappa shape index (κ3) is 5.03. The smallest absolute Gasteiger partial charge is 0.339 e. The lowest BCUT2D eigenvalue weighted by Gasteiger charge is -2.07. The Morgan fingerprint density at radius 1 is 1.17 bits per heavy atom. The van der Waals surface area contributed by atoms with Crippen molar-refractivity contribution in [3.8, 4) is 11.4 Å². The SMILES string of the molecule is O=C(OCc1nc(-c2ccc(Cl)cc2)no1)c1ccccc1SCc1cscn1. The predicted molar refractivity (Wildman–Crippen MR) is 112 cm³/mol. The molecule has 0 saturated carbocycles. The molecule has 0 aliphatic carbocycles. The average Bonchev–Trinajstić information content (AvgIpc) is 3.43. The second kappa shape index (κ2) is 9.21. The second-order valence-corrected chi connectivity index (χ2v) is 8.03. The van der Waals surface area contributed by atoms with Crippen LogP contribution in [0.5, 0.6) is 0 Å². The van der Waals surface area contributed by atoms with Crippen molar-refractivity contribution in [2.75, 3.05) is 0 Å². The van der Waals surface area contributed by atoms with Gasteiger partial charge in [-0.2, -0.15) is 4.98 Å². The Labute approximate surface area is 179 Å². The molecule has 0 saturated heterocycles. The van der Waals surface area contributed by atoms with Gasteiger partial charge in [-0.05, 0) is 36.4 Å². The number of hydrogen-bond acceptors (Lipinski definition) is 8. The number of carbonyl (C=O) groups excluding carboxylic acids is 1. The summed E-state index contributed by atoms with van der Waals surface area (Å²) in [7, 11) is 0. The van der Waals surface area contributed by atoms with E-state index in [4.69, 9.17) is 20.9 Å². The van der Waals surface area contributed by atoms with Crippen molar-refractivity contribution in [2.45, 2.75) is 17.3 Å². The Bertz CT molecular complexity index is 1100. The summed E-state index contributed by atoms with van der Waals surface area (Å²) >= 11 is 8.97. The zero-order valence-corrected chi connectivity index (χ0v) is 17.3. The zero-order valence-electron chi connectivity index (χ0n) is 14.9. The van der Waals surface area contributed by atoms with Gasteiger partial charge in [-0.15, -0.1) is 23.1 Å². The van der Waals surface area contributed by atoms with E-state index in [-0.39, 0.29) is 12.5 Å². The van der Waals surface area contributed by atoms with Gasteiger partial charge in [0.25, 0.3) is 5.89 Å². The molecule has 9 heteroatoms. The van der Waals surface area contributed by atoms with Crippen molar-refractivity contribution in [3.63, 3.8) is 0 Å². The first-order valence-corrected chi connectivity index (χ1v) is 10.8. The maximum absolute atomic E-state index is 12.6. The van der Waals surface area contributed by atoms with E-state index in [1.54, 1.807) is 53.2 Å². The minimum absolute atomic E-state index is 0.107. The van der Waals surface area contributed by atoms with Gasteiger partial charge in [-0.1, -0.05) is 28.9 Å². The maximum atomic E-state index is 12.6. The number of halogens is 1. The van der Waals surface area contributed by atoms with Crippen LogP contribution in [0.15, 0.2) is 68.8 Å². The number of nitrogens with zero attached hydrogens (tertiary/aromatic N) is 3. The molecule has 146 valence electrons. The largest absolute Gasteiger partial charge is 0.452 e. The fourth-order valence-electron chi connectivity index (χ4n) is 2.46. The number of benzene rings is 2. The van der Waals surface area contributed by atoms with Gasteiger partial charge < -0.3 is 9.26 Å². The van der Waals surface area contributed by atoms with Crippen LogP contribution in [0.1, 0.15) is 21.9 Å². The lowest BCUT2D eigenvalue weighted by atomic mass is 10.2. The topological polar surface area (TPSA) is 78.1 Å². The molecule has 2 aromatic heterocycles. The molecule has 0 aliphatic rings. The minimum Gasteiger partial charge on any atom is -0.452 e. The van der Waals surface area contributed by atoms with Crippen LogP contribution in [0, 0.1) is 0 Å². The van der Waals surface area contributed by atoms with Gasteiger partial charge in [-0.3, -0.25) is 0 Å². The lowest BCUT2D eigenvalue weighted by molar-refractivity contribution is 0.0425. The van der Waals surface area contributed by atoms with Crippen molar-refractivity contribution >= 4 is 40.7 Å². The number of aromatic nitrogens is 3. The number of esters is 1. The van der Waals surface area contributed by atoms with E-state index in [2.05, 4.69) is 15.1 Å². The first-order valence-electron chi connectivity index (χ1n) is 8.53. The second-order valence-electron chi connectivity index (χ2n) is 5.86. The number of ether oxygens (including phenoxy) is 1. The molecule has 0 fully saturated rings. The van der Waals surface area contributed by atoms with Gasteiger partial charge in [-0.25, -0.2) is 9.78 Å². The molecule has 0 N–H and O–H groups in total. The van der Waals surface area contributed by atoms with Crippen LogP contribution >= 0.6 is 34.7 Å². The van der Waals surface area contributed by atoms with E-state index >= 15 is 0 Å². The van der Waals surface area contributed by atoms with Gasteiger partial charge in [0, 0.05) is 26.6 Å². The van der Waals surface area contributed by atoms with E-state index < -0.39 is 5.97 Å². The molecule has 0 atom stereocenters. The third-order valence-electron chi connectivity index (χ3n) is 3.86. The van der Waals surface area contributed by atoms with Crippen LogP contribution in [0.4, 0.5) is 0 Å². The van der Waals surface area contributed by atoms with E-state index in [1.165, 1.54) is 11.8 Å². The zero-order chi connectivity index (χ0) is 20.1. The van der Waals surface area contributed by atoms with Gasteiger partial charge >= 0.3 is 5.97 Å². The molecule has 0 unspecified atom stereocenters. The highest BCUT2D eigenvalue weighted by molar-refractivity contribution is 7.98. The molecule has 2 aromatic carbocycles. The maximum Gasteiger partial charge on any atom is 0.339 e. The quantitative estimate of drug-likeness (QED) is 0.276. The normalized spacial score (nSPS) is 10.8. The number of thioether (sulfide) groups is 1. The number of hydrogen-bond donors (Lipinski definition) is 0. The lowest BCUT2D eigenvalue weighted by Crippen LogP contribution is -2.07. The number of rotatable bonds is 7. The van der Waals surface area contributed by atoms with E-state index in [0.717, 1.165) is 16.2 Å². The van der Waals surface area contributed by atoms with Crippen molar-refractivity contribution in [1.29, 1.82) is 0 Å². The van der Waals surface area contributed by atoms with Crippen molar-refractivity contribution < 1.29 is 14.1 Å². The molecular weight excluding hydrogens is 430 g/mol. The van der Waals surface area contributed by atoms with Gasteiger partial charge in [0.1, 0.15) is 0 Å². The first kappa shape index (κ1) is 19.6. The Balaban J connectivity index is 1.39. The van der Waals surface area contributed by atoms with Crippen LogP contribution in [-0.4, -0.2) is 21.1 Å². The van der Waals surface area contributed by atoms with Crippen molar-refractivity contribution in [2.24, 2.45) is 0 Å².